The Morgan fingerprint density at radius 3 is 1.88 bits per heavy atom. The maximum absolute atomic E-state index is 11.9. The van der Waals surface area contributed by atoms with Crippen LogP contribution in [0.25, 0.3) is 10.8 Å². The van der Waals surface area contributed by atoms with Crippen molar-refractivity contribution < 1.29 is 31.3 Å². The molecule has 0 aliphatic rings. The molecule has 3 rings (SSSR count). The van der Waals surface area contributed by atoms with Crippen LogP contribution in [0.15, 0.2) is 36.4 Å². The quantitative estimate of drug-likeness (QED) is 0.295. The van der Waals surface area contributed by atoms with E-state index in [2.05, 4.69) is 79.7 Å². The minimum atomic E-state index is -0.213. The van der Waals surface area contributed by atoms with Gasteiger partial charge >= 0.3 is 26.2 Å². The van der Waals surface area contributed by atoms with Crippen molar-refractivity contribution in [3.8, 4) is 5.75 Å². The number of benzene rings is 2. The fraction of sp³-hybridized carbons (Fsp3) is 0.500. The van der Waals surface area contributed by atoms with Crippen molar-refractivity contribution in [3.05, 3.63) is 69.2 Å². The summed E-state index contributed by atoms with van der Waals surface area (Å²) in [6.07, 6.45) is 0. The summed E-state index contributed by atoms with van der Waals surface area (Å²) in [4.78, 5) is 0. The van der Waals surface area contributed by atoms with Crippen molar-refractivity contribution in [2.45, 2.75) is 98.8 Å². The first kappa shape index (κ1) is 30.1. The molecule has 0 radical (unpaired) electrons. The molecule has 0 unspecified atom stereocenters. The molecule has 0 fully saturated rings. The van der Waals surface area contributed by atoms with Crippen LogP contribution < -0.4 is 5.11 Å². The molecule has 3 aromatic rings. The van der Waals surface area contributed by atoms with Gasteiger partial charge in [0.15, 0.2) is 0 Å². The van der Waals surface area contributed by atoms with Gasteiger partial charge in [-0.3, -0.25) is 0 Å². The fourth-order valence-electron chi connectivity index (χ4n) is 4.46. The molecular formula is C30H41ClOZr. The zero-order chi connectivity index (χ0) is 24.6. The zero-order valence-electron chi connectivity index (χ0n) is 22.4. The van der Waals surface area contributed by atoms with Crippen LogP contribution in [-0.2, 0) is 37.0 Å². The van der Waals surface area contributed by atoms with Gasteiger partial charge in [-0.15, -0.1) is 40.3 Å². The summed E-state index contributed by atoms with van der Waals surface area (Å²) in [6.45, 7) is 23.7. The average Bonchev–Trinajstić information content (AvgIpc) is 2.98. The van der Waals surface area contributed by atoms with Gasteiger partial charge in [-0.2, -0.15) is 6.07 Å². The van der Waals surface area contributed by atoms with Gasteiger partial charge in [0.2, 0.25) is 0 Å². The van der Waals surface area contributed by atoms with E-state index in [1.807, 2.05) is 26.8 Å². The molecule has 0 spiro atoms. The first-order chi connectivity index (χ1) is 14.6. The minimum Gasteiger partial charge on any atom is -0.872 e. The van der Waals surface area contributed by atoms with Gasteiger partial charge in [0.05, 0.1) is 0 Å². The van der Waals surface area contributed by atoms with Gasteiger partial charge in [-0.05, 0) is 33.8 Å². The molecule has 0 aromatic heterocycles. The third-order valence-corrected chi connectivity index (χ3v) is 6.36. The van der Waals surface area contributed by atoms with E-state index < -0.39 is 0 Å². The molecule has 0 aliphatic carbocycles. The van der Waals surface area contributed by atoms with Gasteiger partial charge < -0.3 is 5.11 Å². The van der Waals surface area contributed by atoms with E-state index in [4.69, 9.17) is 11.6 Å². The molecule has 0 saturated heterocycles. The predicted molar refractivity (Wildman–Crippen MR) is 141 cm³/mol. The van der Waals surface area contributed by atoms with Gasteiger partial charge in [0, 0.05) is 5.02 Å². The molecule has 0 aliphatic heterocycles. The van der Waals surface area contributed by atoms with E-state index in [-0.39, 0.29) is 42.8 Å². The second kappa shape index (κ2) is 11.2. The summed E-state index contributed by atoms with van der Waals surface area (Å²) < 4.78 is 0. The molecule has 3 aromatic carbocycles. The Morgan fingerprint density at radius 2 is 1.42 bits per heavy atom. The van der Waals surface area contributed by atoms with E-state index in [0.717, 1.165) is 11.1 Å². The predicted octanol–water partition coefficient (Wildman–Crippen LogP) is 9.12. The second-order valence-electron chi connectivity index (χ2n) is 11.7. The molecule has 33 heavy (non-hydrogen) atoms. The Balaban J connectivity index is 0.000000320. The Labute approximate surface area is 226 Å². The normalized spacial score (nSPS) is 12.1. The van der Waals surface area contributed by atoms with Crippen LogP contribution in [0.4, 0.5) is 0 Å². The first-order valence-electron chi connectivity index (χ1n) is 11.8. The maximum atomic E-state index is 11.9. The van der Waals surface area contributed by atoms with Crippen molar-refractivity contribution in [1.29, 1.82) is 0 Å². The fourth-order valence-corrected chi connectivity index (χ4v) is 5.18. The standard InChI is InChI=1S/C16H21.C14H21ClO.Zr/c1-10(2)14-7-6-13-8-12(5)9-15(13)16(14)11(3)4;1-13(2,3)9-7-8-10(16)11(12(9)15)14(4,5)6;/h6-11H,1-5H3;7-8,16H,1-6H3;/q-1;;+2/p-1. The van der Waals surface area contributed by atoms with Crippen molar-refractivity contribution in [1.82, 2.24) is 0 Å². The summed E-state index contributed by atoms with van der Waals surface area (Å²) in [6, 6.07) is 12.7. The number of hydrogen-bond donors (Lipinski definition) is 0. The van der Waals surface area contributed by atoms with E-state index in [0.29, 0.717) is 16.9 Å². The van der Waals surface area contributed by atoms with Crippen LogP contribution in [0.5, 0.6) is 5.75 Å². The molecule has 3 heteroatoms. The molecule has 0 heterocycles. The Kier molecular flexibility index (Phi) is 10.2. The molecule has 0 atom stereocenters. The Morgan fingerprint density at radius 1 is 0.848 bits per heavy atom. The van der Waals surface area contributed by atoms with Crippen molar-refractivity contribution in [2.75, 3.05) is 0 Å². The van der Waals surface area contributed by atoms with E-state index in [1.54, 1.807) is 11.6 Å². The van der Waals surface area contributed by atoms with Crippen LogP contribution in [0, 0.1) is 6.92 Å². The van der Waals surface area contributed by atoms with Crippen LogP contribution in [0.1, 0.15) is 109 Å². The van der Waals surface area contributed by atoms with E-state index in [1.165, 1.54) is 21.9 Å². The van der Waals surface area contributed by atoms with E-state index >= 15 is 0 Å². The molecule has 0 amide bonds. The molecule has 178 valence electrons. The van der Waals surface area contributed by atoms with Crippen molar-refractivity contribution in [3.63, 3.8) is 0 Å². The average molecular weight is 544 g/mol. The number of fused-ring (bicyclic) bond motifs is 1. The summed E-state index contributed by atoms with van der Waals surface area (Å²) in [7, 11) is 0. The Bertz CT molecular complexity index is 1080. The van der Waals surface area contributed by atoms with Crippen LogP contribution in [0.2, 0.25) is 5.02 Å². The monoisotopic (exact) mass is 542 g/mol. The molecule has 0 saturated carbocycles. The van der Waals surface area contributed by atoms with Crippen molar-refractivity contribution in [2.24, 2.45) is 0 Å². The molecule has 0 N–H and O–H groups in total. The third kappa shape index (κ3) is 7.02. The Hall–Kier alpha value is -0.977. The van der Waals surface area contributed by atoms with Gasteiger partial charge in [0.1, 0.15) is 0 Å². The maximum Gasteiger partial charge on any atom is 2.00 e. The third-order valence-electron chi connectivity index (χ3n) is 5.97. The second-order valence-corrected chi connectivity index (χ2v) is 12.1. The summed E-state index contributed by atoms with van der Waals surface area (Å²) in [5.41, 5.74) is 5.94. The van der Waals surface area contributed by atoms with Crippen LogP contribution in [-0.4, -0.2) is 0 Å². The minimum absolute atomic E-state index is 0. The molecule has 0 bridgehead atoms. The topological polar surface area (TPSA) is 23.1 Å². The van der Waals surface area contributed by atoms with Crippen LogP contribution in [0.3, 0.4) is 0 Å². The molecule has 1 nitrogen and oxygen atoms in total. The van der Waals surface area contributed by atoms with E-state index in [9.17, 15) is 5.11 Å². The number of halogens is 1. The number of aryl methyl sites for hydroxylation is 1. The summed E-state index contributed by atoms with van der Waals surface area (Å²) in [5.74, 6) is 1.24. The zero-order valence-corrected chi connectivity index (χ0v) is 25.6. The van der Waals surface area contributed by atoms with Crippen molar-refractivity contribution >= 4 is 22.4 Å². The SMILES string of the molecule is CC(C)(C)c1ccc([O-])c(C(C)(C)C)c1Cl.Cc1cc2c(C(C)C)c(C(C)C)ccc2[cH-]1.[Zr+2]. The smallest absolute Gasteiger partial charge is 0.872 e. The first-order valence-corrected chi connectivity index (χ1v) is 12.1. The van der Waals surface area contributed by atoms with Gasteiger partial charge in [-0.1, -0.05) is 111 Å². The van der Waals surface area contributed by atoms with Crippen LogP contribution >= 0.6 is 11.6 Å². The largest absolute Gasteiger partial charge is 2.00 e. The summed E-state index contributed by atoms with van der Waals surface area (Å²) in [5, 5.41) is 15.4. The van der Waals surface area contributed by atoms with Gasteiger partial charge in [0.25, 0.3) is 0 Å². The molecular weight excluding hydrogens is 503 g/mol. The number of hydrogen-bond acceptors (Lipinski definition) is 1. The number of rotatable bonds is 2. The van der Waals surface area contributed by atoms with Gasteiger partial charge in [-0.25, -0.2) is 0 Å². The summed E-state index contributed by atoms with van der Waals surface area (Å²) >= 11 is 6.38.